The maximum Gasteiger partial charge on any atom is 0.306 e. The van der Waals surface area contributed by atoms with Gasteiger partial charge in [0.05, 0.1) is 6.61 Å². The Morgan fingerprint density at radius 3 is 1.07 bits per heavy atom. The van der Waals surface area contributed by atoms with Crippen molar-refractivity contribution in [2.75, 3.05) is 19.8 Å². The zero-order valence-electron chi connectivity index (χ0n) is 45.1. The highest BCUT2D eigenvalue weighted by Crippen LogP contribution is 2.15. The summed E-state index contributed by atoms with van der Waals surface area (Å²) in [5, 5.41) is 0. The quantitative estimate of drug-likeness (QED) is 0.0345. The zero-order chi connectivity index (χ0) is 49.2. The van der Waals surface area contributed by atoms with Gasteiger partial charge in [-0.15, -0.1) is 0 Å². The molecule has 0 fully saturated rings. The molecule has 0 aromatic heterocycles. The third kappa shape index (κ3) is 55.7. The lowest BCUT2D eigenvalue weighted by atomic mass is 10.1. The molecule has 0 rings (SSSR count). The number of esters is 2. The van der Waals surface area contributed by atoms with Gasteiger partial charge in [-0.3, -0.25) is 9.59 Å². The lowest BCUT2D eigenvalue weighted by molar-refractivity contribution is -0.163. The van der Waals surface area contributed by atoms with Gasteiger partial charge in [0.2, 0.25) is 0 Å². The second-order valence-electron chi connectivity index (χ2n) is 19.1. The minimum Gasteiger partial charge on any atom is -0.462 e. The highest BCUT2D eigenvalue weighted by Gasteiger charge is 2.17. The first-order chi connectivity index (χ1) is 33.6. The lowest BCUT2D eigenvalue weighted by Gasteiger charge is -2.18. The number of carbonyl (C=O) groups excluding carboxylic acids is 2. The molecule has 392 valence electrons. The normalized spacial score (nSPS) is 12.8. The van der Waals surface area contributed by atoms with Crippen LogP contribution in [-0.4, -0.2) is 37.9 Å². The van der Waals surface area contributed by atoms with Crippen LogP contribution < -0.4 is 0 Å². The molecule has 0 spiro atoms. The molecular formula is C63H110O5. The van der Waals surface area contributed by atoms with Crippen molar-refractivity contribution in [1.82, 2.24) is 0 Å². The van der Waals surface area contributed by atoms with Gasteiger partial charge in [0.1, 0.15) is 6.61 Å². The van der Waals surface area contributed by atoms with Crippen LogP contribution in [0.25, 0.3) is 0 Å². The van der Waals surface area contributed by atoms with Gasteiger partial charge in [-0.1, -0.05) is 241 Å². The molecule has 0 amide bonds. The fourth-order valence-corrected chi connectivity index (χ4v) is 8.12. The van der Waals surface area contributed by atoms with Crippen LogP contribution in [0.1, 0.15) is 278 Å². The highest BCUT2D eigenvalue weighted by atomic mass is 16.6. The first kappa shape index (κ1) is 65.1. The molecule has 0 bridgehead atoms. The van der Waals surface area contributed by atoms with E-state index in [-0.39, 0.29) is 25.2 Å². The van der Waals surface area contributed by atoms with Crippen molar-refractivity contribution in [3.63, 3.8) is 0 Å². The topological polar surface area (TPSA) is 61.8 Å². The molecule has 0 aliphatic carbocycles. The van der Waals surface area contributed by atoms with Crippen molar-refractivity contribution < 1.29 is 23.8 Å². The van der Waals surface area contributed by atoms with Gasteiger partial charge in [0, 0.05) is 19.4 Å². The van der Waals surface area contributed by atoms with Gasteiger partial charge in [-0.05, 0) is 109 Å². The molecule has 1 unspecified atom stereocenters. The minimum atomic E-state index is -0.554. The molecule has 0 saturated heterocycles. The average Bonchev–Trinajstić information content (AvgIpc) is 3.34. The Morgan fingerprint density at radius 2 is 0.662 bits per heavy atom. The Labute approximate surface area is 422 Å². The second kappa shape index (κ2) is 58.4. The summed E-state index contributed by atoms with van der Waals surface area (Å²) in [5.74, 6) is -0.412. The van der Waals surface area contributed by atoms with E-state index >= 15 is 0 Å². The van der Waals surface area contributed by atoms with Crippen LogP contribution in [0.4, 0.5) is 0 Å². The molecule has 0 aliphatic rings. The first-order valence-electron chi connectivity index (χ1n) is 29.1. The van der Waals surface area contributed by atoms with Crippen LogP contribution >= 0.6 is 0 Å². The van der Waals surface area contributed by atoms with E-state index in [1.807, 2.05) is 0 Å². The number of hydrogen-bond donors (Lipinski definition) is 0. The van der Waals surface area contributed by atoms with Crippen molar-refractivity contribution in [3.05, 3.63) is 85.1 Å². The summed E-state index contributed by atoms with van der Waals surface area (Å²) in [5.41, 5.74) is 0. The lowest BCUT2D eigenvalue weighted by Crippen LogP contribution is -2.30. The molecule has 1 atom stereocenters. The van der Waals surface area contributed by atoms with Crippen molar-refractivity contribution in [2.45, 2.75) is 284 Å². The van der Waals surface area contributed by atoms with Crippen LogP contribution in [0.5, 0.6) is 0 Å². The summed E-state index contributed by atoms with van der Waals surface area (Å²) in [7, 11) is 0. The zero-order valence-corrected chi connectivity index (χ0v) is 45.1. The van der Waals surface area contributed by atoms with Gasteiger partial charge in [0.15, 0.2) is 6.10 Å². The Hall–Kier alpha value is -2.92. The molecule has 0 aliphatic heterocycles. The van der Waals surface area contributed by atoms with Crippen LogP contribution in [0, 0.1) is 0 Å². The van der Waals surface area contributed by atoms with E-state index in [9.17, 15) is 9.59 Å². The molecular weight excluding hydrogens is 837 g/mol. The Balaban J connectivity index is 4.30. The minimum absolute atomic E-state index is 0.0725. The van der Waals surface area contributed by atoms with Gasteiger partial charge < -0.3 is 14.2 Å². The van der Waals surface area contributed by atoms with Crippen molar-refractivity contribution in [1.29, 1.82) is 0 Å². The van der Waals surface area contributed by atoms with Crippen LogP contribution in [0.15, 0.2) is 85.1 Å². The van der Waals surface area contributed by atoms with Gasteiger partial charge >= 0.3 is 11.9 Å². The van der Waals surface area contributed by atoms with E-state index < -0.39 is 6.10 Å². The summed E-state index contributed by atoms with van der Waals surface area (Å²) in [6, 6.07) is 0. The van der Waals surface area contributed by atoms with E-state index in [2.05, 4.69) is 106 Å². The SMILES string of the molecule is CC/C=C\C/C=C\C/C=C\CCCCCCCCCC(=O)OC(COCCCCCCCC/C=C\C/C=C\C/C=C\CC)COC(=O)CCCCCCCCCCC/C=C\CCCCCCCC. The van der Waals surface area contributed by atoms with Crippen LogP contribution in [0.2, 0.25) is 0 Å². The average molecular weight is 948 g/mol. The second-order valence-corrected chi connectivity index (χ2v) is 19.1. The van der Waals surface area contributed by atoms with Crippen LogP contribution in [0.3, 0.4) is 0 Å². The number of carbonyl (C=O) groups is 2. The Bertz CT molecular complexity index is 1250. The van der Waals surface area contributed by atoms with Crippen molar-refractivity contribution in [2.24, 2.45) is 0 Å². The van der Waals surface area contributed by atoms with Crippen molar-refractivity contribution >= 4 is 11.9 Å². The summed E-state index contributed by atoms with van der Waals surface area (Å²) in [6.07, 6.45) is 77.5. The van der Waals surface area contributed by atoms with E-state index in [0.717, 1.165) is 96.3 Å². The highest BCUT2D eigenvalue weighted by molar-refractivity contribution is 5.70. The fraction of sp³-hybridized carbons (Fsp3) is 0.746. The molecule has 5 nitrogen and oxygen atoms in total. The smallest absolute Gasteiger partial charge is 0.306 e. The number of unbranched alkanes of at least 4 members (excludes halogenated alkanes) is 28. The molecule has 0 saturated carbocycles. The molecule has 68 heavy (non-hydrogen) atoms. The largest absolute Gasteiger partial charge is 0.462 e. The van der Waals surface area contributed by atoms with Gasteiger partial charge in [0.25, 0.3) is 0 Å². The predicted molar refractivity (Wildman–Crippen MR) is 297 cm³/mol. The number of hydrogen-bond acceptors (Lipinski definition) is 5. The molecule has 0 heterocycles. The van der Waals surface area contributed by atoms with Crippen molar-refractivity contribution in [3.8, 4) is 0 Å². The molecule has 0 aromatic carbocycles. The Morgan fingerprint density at radius 1 is 0.338 bits per heavy atom. The number of allylic oxidation sites excluding steroid dienone is 14. The number of rotatable bonds is 53. The molecule has 0 aromatic rings. The molecule has 0 radical (unpaired) electrons. The van der Waals surface area contributed by atoms with Gasteiger partial charge in [-0.25, -0.2) is 0 Å². The molecule has 5 heteroatoms. The maximum absolute atomic E-state index is 12.9. The number of ether oxygens (including phenoxy) is 3. The van der Waals surface area contributed by atoms with E-state index in [1.165, 1.54) is 148 Å². The standard InChI is InChI=1S/C63H110O5/c1-4-7-10-13-16-19-22-25-28-31-32-34-35-38-41-44-47-50-53-56-62(64)67-60-61(59-66-58-55-52-49-46-43-40-37-30-27-24-21-18-15-12-9-6-3)68-63(65)57-54-51-48-45-42-39-36-33-29-26-23-20-17-14-11-8-5-2/h8-9,11-12,17-18,20-21,25-30,61H,4-7,10,13-16,19,22-24,31-60H2,1-3H3/b11-8-,12-9-,20-17-,21-18-,28-25-,29-26-,30-27-. The third-order valence-electron chi connectivity index (χ3n) is 12.4. The van der Waals surface area contributed by atoms with E-state index in [0.29, 0.717) is 19.4 Å². The summed E-state index contributed by atoms with van der Waals surface area (Å²) >= 11 is 0. The first-order valence-corrected chi connectivity index (χ1v) is 29.1. The summed E-state index contributed by atoms with van der Waals surface area (Å²) in [6.45, 7) is 7.59. The van der Waals surface area contributed by atoms with Gasteiger partial charge in [-0.2, -0.15) is 0 Å². The fourth-order valence-electron chi connectivity index (χ4n) is 8.12. The summed E-state index contributed by atoms with van der Waals surface area (Å²) < 4.78 is 17.5. The maximum atomic E-state index is 12.9. The predicted octanol–water partition coefficient (Wildman–Crippen LogP) is 20.0. The monoisotopic (exact) mass is 947 g/mol. The van der Waals surface area contributed by atoms with E-state index in [4.69, 9.17) is 14.2 Å². The Kier molecular flexibility index (Phi) is 55.9. The third-order valence-corrected chi connectivity index (χ3v) is 12.4. The summed E-state index contributed by atoms with van der Waals surface area (Å²) in [4.78, 5) is 25.5. The molecule has 0 N–H and O–H groups in total. The van der Waals surface area contributed by atoms with E-state index in [1.54, 1.807) is 0 Å². The van der Waals surface area contributed by atoms with Crippen LogP contribution in [-0.2, 0) is 23.8 Å².